The van der Waals surface area contributed by atoms with Crippen molar-refractivity contribution in [1.82, 2.24) is 31.1 Å². The van der Waals surface area contributed by atoms with E-state index >= 15 is 0 Å². The van der Waals surface area contributed by atoms with Crippen LogP contribution in [0.15, 0.2) is 30.3 Å². The molecule has 3 atom stereocenters. The van der Waals surface area contributed by atoms with Gasteiger partial charge in [-0.3, -0.25) is 33.6 Å². The number of nitrogens with two attached hydrogens (primary N) is 2. The lowest BCUT2D eigenvalue weighted by Gasteiger charge is -2.29. The smallest absolute Gasteiger partial charge is 0.243 e. The van der Waals surface area contributed by atoms with E-state index in [1.807, 2.05) is 27.7 Å². The minimum absolute atomic E-state index is 0.0299. The molecule has 15 nitrogen and oxygen atoms in total. The Kier molecular flexibility index (Phi) is 17.0. The molecule has 0 radical (unpaired) electrons. The van der Waals surface area contributed by atoms with E-state index in [1.165, 1.54) is 23.9 Å². The zero-order chi connectivity index (χ0) is 35.0. The average molecular weight is 647 g/mol. The summed E-state index contributed by atoms with van der Waals surface area (Å²) in [6.07, 6.45) is 0.737. The van der Waals surface area contributed by atoms with E-state index in [0.717, 1.165) is 5.56 Å². The van der Waals surface area contributed by atoms with Gasteiger partial charge >= 0.3 is 0 Å². The second-order valence-electron chi connectivity index (χ2n) is 11.9. The second-order valence-corrected chi connectivity index (χ2v) is 11.9. The highest BCUT2D eigenvalue weighted by Gasteiger charge is 2.30. The normalized spacial score (nSPS) is 12.8. The van der Waals surface area contributed by atoms with Gasteiger partial charge in [0.25, 0.3) is 0 Å². The van der Waals surface area contributed by atoms with E-state index in [1.54, 1.807) is 30.3 Å². The van der Waals surface area contributed by atoms with Gasteiger partial charge in [0, 0.05) is 20.5 Å². The summed E-state index contributed by atoms with van der Waals surface area (Å²) in [7, 11) is 2.89. The molecule has 0 spiro atoms. The van der Waals surface area contributed by atoms with Crippen molar-refractivity contribution in [1.29, 1.82) is 0 Å². The molecule has 0 saturated heterocycles. The number of hydrogen-bond acceptors (Lipinski definition) is 8. The Bertz CT molecular complexity index is 1210. The number of primary amides is 1. The van der Waals surface area contributed by atoms with Gasteiger partial charge in [0.2, 0.25) is 41.4 Å². The third-order valence-corrected chi connectivity index (χ3v) is 7.10. The van der Waals surface area contributed by atoms with E-state index in [2.05, 4.69) is 21.3 Å². The lowest BCUT2D eigenvalue weighted by Crippen LogP contribution is -2.55. The van der Waals surface area contributed by atoms with Gasteiger partial charge in [0.05, 0.1) is 26.2 Å². The predicted octanol–water partition coefficient (Wildman–Crippen LogP) is -1.75. The van der Waals surface area contributed by atoms with Gasteiger partial charge < -0.3 is 42.5 Å². The Morgan fingerprint density at radius 3 is 1.65 bits per heavy atom. The topological polar surface area (TPSA) is 226 Å². The standard InChI is InChI=1S/C31H50N8O7/c1-19(2)12-23(38(5)27(42)15-32)31(46)35-17-26(41)37-22(14-21-10-8-7-9-11-21)29(44)36-18-28(43)39(6)24(13-20(3)4)30(45)34-16-25(33)40/h7-11,19-20,22-24H,12-18,32H2,1-6H3,(H2,33,40)(H,34,45)(H,35,46)(H,36,44)(H,37,41). The summed E-state index contributed by atoms with van der Waals surface area (Å²) in [6, 6.07) is 6.04. The van der Waals surface area contributed by atoms with E-state index in [4.69, 9.17) is 11.5 Å². The highest BCUT2D eigenvalue weighted by molar-refractivity contribution is 5.95. The van der Waals surface area contributed by atoms with Crippen LogP contribution in [0.2, 0.25) is 0 Å². The number of hydrogen-bond donors (Lipinski definition) is 6. The van der Waals surface area contributed by atoms with Gasteiger partial charge in [-0.1, -0.05) is 58.0 Å². The van der Waals surface area contributed by atoms with Crippen LogP contribution in [-0.4, -0.2) is 110 Å². The van der Waals surface area contributed by atoms with Crippen molar-refractivity contribution in [2.45, 2.75) is 65.1 Å². The van der Waals surface area contributed by atoms with E-state index in [-0.39, 0.29) is 31.3 Å². The molecule has 15 heteroatoms. The van der Waals surface area contributed by atoms with Crippen LogP contribution in [0.4, 0.5) is 0 Å². The minimum atomic E-state index is -1.11. The molecule has 1 rings (SSSR count). The molecule has 7 amide bonds. The molecule has 0 heterocycles. The fraction of sp³-hybridized carbons (Fsp3) is 0.581. The van der Waals surface area contributed by atoms with Crippen molar-refractivity contribution in [3.8, 4) is 0 Å². The first-order valence-electron chi connectivity index (χ1n) is 15.2. The van der Waals surface area contributed by atoms with Crippen molar-refractivity contribution >= 4 is 41.4 Å². The molecule has 1 aromatic carbocycles. The van der Waals surface area contributed by atoms with E-state index in [0.29, 0.717) is 12.8 Å². The molecule has 0 aromatic heterocycles. The molecule has 3 unspecified atom stereocenters. The molecule has 0 aliphatic heterocycles. The number of likely N-dealkylation sites (N-methyl/N-ethyl adjacent to an activating group) is 2. The fourth-order valence-corrected chi connectivity index (χ4v) is 4.56. The fourth-order valence-electron chi connectivity index (χ4n) is 4.56. The highest BCUT2D eigenvalue weighted by Crippen LogP contribution is 2.12. The Hall–Kier alpha value is -4.53. The van der Waals surface area contributed by atoms with Crippen molar-refractivity contribution in [3.05, 3.63) is 35.9 Å². The van der Waals surface area contributed by atoms with Crippen LogP contribution in [0.5, 0.6) is 0 Å². The average Bonchev–Trinajstić information content (AvgIpc) is 3.01. The summed E-state index contributed by atoms with van der Waals surface area (Å²) in [5, 5.41) is 10.1. The van der Waals surface area contributed by atoms with Gasteiger partial charge in [-0.05, 0) is 30.2 Å². The number of nitrogens with one attached hydrogen (secondary N) is 4. The molecule has 0 saturated carbocycles. The molecule has 0 bridgehead atoms. The molecular weight excluding hydrogens is 596 g/mol. The lowest BCUT2D eigenvalue weighted by atomic mass is 10.0. The number of amides is 7. The van der Waals surface area contributed by atoms with Gasteiger partial charge in [-0.15, -0.1) is 0 Å². The van der Waals surface area contributed by atoms with E-state index in [9.17, 15) is 33.6 Å². The zero-order valence-corrected chi connectivity index (χ0v) is 27.6. The second kappa shape index (κ2) is 19.8. The number of benzene rings is 1. The third kappa shape index (κ3) is 14.1. The van der Waals surface area contributed by atoms with Gasteiger partial charge in [-0.25, -0.2) is 0 Å². The van der Waals surface area contributed by atoms with Crippen LogP contribution in [0, 0.1) is 11.8 Å². The monoisotopic (exact) mass is 646 g/mol. The molecule has 0 aliphatic rings. The first-order valence-corrected chi connectivity index (χ1v) is 15.2. The van der Waals surface area contributed by atoms with Crippen LogP contribution in [0.3, 0.4) is 0 Å². The molecular formula is C31H50N8O7. The summed E-state index contributed by atoms with van der Waals surface area (Å²) < 4.78 is 0. The summed E-state index contributed by atoms with van der Waals surface area (Å²) >= 11 is 0. The minimum Gasteiger partial charge on any atom is -0.368 e. The number of carbonyl (C=O) groups excluding carboxylic acids is 7. The first kappa shape index (κ1) is 39.5. The molecule has 46 heavy (non-hydrogen) atoms. The summed E-state index contributed by atoms with van der Waals surface area (Å²) in [5.74, 6) is -4.03. The summed E-state index contributed by atoms with van der Waals surface area (Å²) in [4.78, 5) is 90.5. The van der Waals surface area contributed by atoms with Crippen LogP contribution in [0.25, 0.3) is 0 Å². The third-order valence-electron chi connectivity index (χ3n) is 7.10. The van der Waals surface area contributed by atoms with Gasteiger partial charge in [0.15, 0.2) is 0 Å². The Balaban J connectivity index is 2.98. The van der Waals surface area contributed by atoms with Gasteiger partial charge in [-0.2, -0.15) is 0 Å². The zero-order valence-electron chi connectivity index (χ0n) is 27.6. The Morgan fingerprint density at radius 2 is 1.17 bits per heavy atom. The highest BCUT2D eigenvalue weighted by atomic mass is 16.2. The first-order chi connectivity index (χ1) is 21.6. The van der Waals surface area contributed by atoms with Gasteiger partial charge in [0.1, 0.15) is 18.1 Å². The maximum Gasteiger partial charge on any atom is 0.243 e. The summed E-state index contributed by atoms with van der Waals surface area (Å²) in [5.41, 5.74) is 11.3. The summed E-state index contributed by atoms with van der Waals surface area (Å²) in [6.45, 7) is 5.95. The lowest BCUT2D eigenvalue weighted by molar-refractivity contribution is -0.140. The van der Waals surface area contributed by atoms with Crippen LogP contribution < -0.4 is 32.7 Å². The maximum atomic E-state index is 13.3. The van der Waals surface area contributed by atoms with Crippen molar-refractivity contribution < 1.29 is 33.6 Å². The van der Waals surface area contributed by atoms with Crippen LogP contribution >= 0.6 is 0 Å². The van der Waals surface area contributed by atoms with Crippen LogP contribution in [-0.2, 0) is 40.0 Å². The van der Waals surface area contributed by atoms with Crippen molar-refractivity contribution in [2.75, 3.05) is 40.3 Å². The molecule has 1 aromatic rings. The number of rotatable bonds is 19. The Labute approximate surface area is 270 Å². The number of nitrogens with zero attached hydrogens (tertiary/aromatic N) is 2. The predicted molar refractivity (Wildman–Crippen MR) is 171 cm³/mol. The molecule has 0 fully saturated rings. The molecule has 256 valence electrons. The van der Waals surface area contributed by atoms with Crippen molar-refractivity contribution in [3.63, 3.8) is 0 Å². The number of carbonyl (C=O) groups is 7. The Morgan fingerprint density at radius 1 is 0.696 bits per heavy atom. The van der Waals surface area contributed by atoms with E-state index < -0.39 is 72.6 Å². The molecule has 8 N–H and O–H groups in total. The van der Waals surface area contributed by atoms with Crippen molar-refractivity contribution in [2.24, 2.45) is 23.3 Å². The van der Waals surface area contributed by atoms with Crippen LogP contribution in [0.1, 0.15) is 46.1 Å². The quantitative estimate of drug-likeness (QED) is 0.101. The largest absolute Gasteiger partial charge is 0.368 e. The SMILES string of the molecule is CC(C)CC(C(=O)NCC(=O)NC(Cc1ccccc1)C(=O)NCC(=O)N(C)C(CC(C)C)C(=O)NCC(N)=O)N(C)C(=O)CN. The maximum absolute atomic E-state index is 13.3. The molecule has 0 aliphatic carbocycles.